The Bertz CT molecular complexity index is 946. The molecule has 0 radical (unpaired) electrons. The molecule has 0 spiro atoms. The summed E-state index contributed by atoms with van der Waals surface area (Å²) in [5, 5.41) is 19.4. The van der Waals surface area contributed by atoms with Crippen molar-refractivity contribution in [2.75, 3.05) is 25.7 Å². The molecule has 3 aromatic heterocycles. The summed E-state index contributed by atoms with van der Waals surface area (Å²) in [6.07, 6.45) is 1.74. The van der Waals surface area contributed by atoms with E-state index in [0.29, 0.717) is 23.8 Å². The van der Waals surface area contributed by atoms with E-state index < -0.39 is 6.10 Å². The van der Waals surface area contributed by atoms with Crippen molar-refractivity contribution in [3.8, 4) is 11.9 Å². The average molecular weight is 385 g/mol. The predicted octanol–water partition coefficient (Wildman–Crippen LogP) is 0.916. The maximum atomic E-state index is 10.7. The Balaban J connectivity index is 1.62. The van der Waals surface area contributed by atoms with Gasteiger partial charge in [0, 0.05) is 32.4 Å². The molecule has 1 N–H and O–H groups in total. The molecule has 0 unspecified atom stereocenters. The number of aliphatic hydroxyl groups excluding tert-OH is 1. The highest BCUT2D eigenvalue weighted by Gasteiger charge is 2.23. The molecule has 0 bridgehead atoms. The molecule has 0 saturated carbocycles. The van der Waals surface area contributed by atoms with Gasteiger partial charge in [0.25, 0.3) is 0 Å². The second kappa shape index (κ2) is 7.47. The molecule has 1 atom stereocenters. The number of rotatable bonds is 5. The van der Waals surface area contributed by atoms with Crippen LogP contribution in [0.2, 0.25) is 0 Å². The van der Waals surface area contributed by atoms with Crippen molar-refractivity contribution in [2.24, 2.45) is 7.05 Å². The fraction of sp³-hybridized carbons (Fsp3) is 0.444. The fourth-order valence-corrected chi connectivity index (χ4v) is 3.37. The van der Waals surface area contributed by atoms with Gasteiger partial charge < -0.3 is 19.5 Å². The van der Waals surface area contributed by atoms with E-state index in [2.05, 4.69) is 25.1 Å². The molecule has 1 aliphatic heterocycles. The van der Waals surface area contributed by atoms with Crippen molar-refractivity contribution in [3.63, 3.8) is 0 Å². The van der Waals surface area contributed by atoms with Crippen LogP contribution in [0.5, 0.6) is 11.9 Å². The molecule has 0 aliphatic carbocycles. The van der Waals surface area contributed by atoms with Crippen LogP contribution in [0, 0.1) is 0 Å². The van der Waals surface area contributed by atoms with Gasteiger partial charge in [-0.05, 0) is 18.6 Å². The van der Waals surface area contributed by atoms with E-state index in [1.165, 1.54) is 7.11 Å². The number of hydrogen-bond donors (Lipinski definition) is 1. The van der Waals surface area contributed by atoms with E-state index in [1.54, 1.807) is 37.2 Å². The summed E-state index contributed by atoms with van der Waals surface area (Å²) < 4.78 is 14.1. The molecule has 148 valence electrons. The average Bonchev–Trinajstić information content (AvgIpc) is 3.27. The number of ether oxygens (including phenoxy) is 2. The van der Waals surface area contributed by atoms with Gasteiger partial charge in [-0.1, -0.05) is 0 Å². The van der Waals surface area contributed by atoms with Crippen LogP contribution < -0.4 is 14.4 Å². The predicted molar refractivity (Wildman–Crippen MR) is 100 cm³/mol. The van der Waals surface area contributed by atoms with Crippen molar-refractivity contribution in [3.05, 3.63) is 41.5 Å². The Morgan fingerprint density at radius 1 is 1.14 bits per heavy atom. The molecular formula is C18H23N7O3. The van der Waals surface area contributed by atoms with Gasteiger partial charge >= 0.3 is 6.01 Å². The Hall–Kier alpha value is -3.14. The summed E-state index contributed by atoms with van der Waals surface area (Å²) in [6, 6.07) is 5.78. The molecule has 0 aromatic carbocycles. The van der Waals surface area contributed by atoms with E-state index >= 15 is 0 Å². The highest BCUT2D eigenvalue weighted by Crippen LogP contribution is 2.27. The topological polar surface area (TPSA) is 103 Å². The maximum absolute atomic E-state index is 10.7. The van der Waals surface area contributed by atoms with Gasteiger partial charge in [-0.15, -0.1) is 0 Å². The number of nitrogens with zero attached hydrogens (tertiary/aromatic N) is 7. The lowest BCUT2D eigenvalue weighted by Gasteiger charge is -2.21. The lowest BCUT2D eigenvalue weighted by atomic mass is 10.2. The van der Waals surface area contributed by atoms with Gasteiger partial charge in [-0.25, -0.2) is 0 Å². The molecule has 4 rings (SSSR count). The number of fused-ring (bicyclic) bond motifs is 1. The Morgan fingerprint density at radius 2 is 2.00 bits per heavy atom. The van der Waals surface area contributed by atoms with Crippen molar-refractivity contribution in [1.29, 1.82) is 0 Å². The Morgan fingerprint density at radius 3 is 2.71 bits per heavy atom. The molecule has 1 aliphatic rings. The Labute approximate surface area is 162 Å². The first-order valence-electron chi connectivity index (χ1n) is 9.03. The zero-order chi connectivity index (χ0) is 19.7. The fourth-order valence-electron chi connectivity index (χ4n) is 3.37. The third-order valence-electron chi connectivity index (χ3n) is 4.84. The SMILES string of the molecule is COc1cc(N2CCCn3nc([C@H](O)c4ccnn4C)cc3C2)nc(OC)n1. The van der Waals surface area contributed by atoms with E-state index in [4.69, 9.17) is 9.47 Å². The van der Waals surface area contributed by atoms with E-state index in [1.807, 2.05) is 10.7 Å². The zero-order valence-corrected chi connectivity index (χ0v) is 16.1. The minimum absolute atomic E-state index is 0.263. The first-order chi connectivity index (χ1) is 13.6. The molecule has 0 saturated heterocycles. The summed E-state index contributed by atoms with van der Waals surface area (Å²) in [7, 11) is 4.90. The van der Waals surface area contributed by atoms with Crippen molar-refractivity contribution in [1.82, 2.24) is 29.5 Å². The standard InChI is InChI=1S/C18H23N7O3/c1-23-14(5-6-19-23)17(26)13-9-12-11-24(7-4-8-25(12)22-13)15-10-16(27-2)21-18(20-15)28-3/h5-6,9-10,17,26H,4,7-8,11H2,1-3H3/t17-/m0/s1. The van der Waals surface area contributed by atoms with Crippen LogP contribution in [0.15, 0.2) is 24.4 Å². The van der Waals surface area contributed by atoms with Crippen molar-refractivity contribution >= 4 is 5.82 Å². The quantitative estimate of drug-likeness (QED) is 0.691. The second-order valence-corrected chi connectivity index (χ2v) is 6.60. The lowest BCUT2D eigenvalue weighted by molar-refractivity contribution is 0.203. The van der Waals surface area contributed by atoms with Gasteiger partial charge in [0.15, 0.2) is 0 Å². The minimum atomic E-state index is -0.820. The molecule has 0 amide bonds. The van der Waals surface area contributed by atoms with Gasteiger partial charge in [0.1, 0.15) is 11.9 Å². The zero-order valence-electron chi connectivity index (χ0n) is 16.1. The van der Waals surface area contributed by atoms with Crippen LogP contribution in [0.3, 0.4) is 0 Å². The van der Waals surface area contributed by atoms with Gasteiger partial charge in [-0.3, -0.25) is 9.36 Å². The number of aryl methyl sites for hydroxylation is 2. The summed E-state index contributed by atoms with van der Waals surface area (Å²) in [6.45, 7) is 2.18. The Kier molecular flexibility index (Phi) is 4.86. The monoisotopic (exact) mass is 385 g/mol. The van der Waals surface area contributed by atoms with Gasteiger partial charge in [0.05, 0.1) is 37.8 Å². The number of anilines is 1. The van der Waals surface area contributed by atoms with E-state index in [0.717, 1.165) is 31.0 Å². The molecule has 10 heteroatoms. The summed E-state index contributed by atoms with van der Waals surface area (Å²) >= 11 is 0. The largest absolute Gasteiger partial charge is 0.481 e. The third kappa shape index (κ3) is 3.38. The smallest absolute Gasteiger partial charge is 0.321 e. The summed E-state index contributed by atoms with van der Waals surface area (Å²) in [5.41, 5.74) is 2.32. The number of hydrogen-bond acceptors (Lipinski definition) is 8. The van der Waals surface area contributed by atoms with Crippen LogP contribution in [0.4, 0.5) is 5.82 Å². The van der Waals surface area contributed by atoms with Crippen molar-refractivity contribution in [2.45, 2.75) is 25.6 Å². The van der Waals surface area contributed by atoms with Crippen LogP contribution in [0.25, 0.3) is 0 Å². The van der Waals surface area contributed by atoms with E-state index in [9.17, 15) is 5.11 Å². The first-order valence-corrected chi connectivity index (χ1v) is 9.03. The van der Waals surface area contributed by atoms with E-state index in [-0.39, 0.29) is 6.01 Å². The first kappa shape index (κ1) is 18.2. The van der Waals surface area contributed by atoms with Crippen LogP contribution >= 0.6 is 0 Å². The molecule has 4 heterocycles. The molecule has 3 aromatic rings. The normalized spacial score (nSPS) is 15.1. The second-order valence-electron chi connectivity index (χ2n) is 6.60. The number of aliphatic hydroxyl groups is 1. The number of methoxy groups -OCH3 is 2. The van der Waals surface area contributed by atoms with Crippen LogP contribution in [0.1, 0.15) is 29.6 Å². The van der Waals surface area contributed by atoms with Gasteiger partial charge in [-0.2, -0.15) is 20.2 Å². The highest BCUT2D eigenvalue weighted by molar-refractivity contribution is 5.43. The summed E-state index contributed by atoms with van der Waals surface area (Å²) in [4.78, 5) is 10.7. The number of aromatic nitrogens is 6. The lowest BCUT2D eigenvalue weighted by Crippen LogP contribution is -2.24. The molecular weight excluding hydrogens is 362 g/mol. The maximum Gasteiger partial charge on any atom is 0.321 e. The minimum Gasteiger partial charge on any atom is -0.481 e. The third-order valence-corrected chi connectivity index (χ3v) is 4.84. The molecule has 10 nitrogen and oxygen atoms in total. The van der Waals surface area contributed by atoms with Gasteiger partial charge in [0.2, 0.25) is 5.88 Å². The summed E-state index contributed by atoms with van der Waals surface area (Å²) in [5.74, 6) is 1.18. The molecule has 28 heavy (non-hydrogen) atoms. The van der Waals surface area contributed by atoms with Crippen molar-refractivity contribution < 1.29 is 14.6 Å². The highest BCUT2D eigenvalue weighted by atomic mass is 16.5. The molecule has 0 fully saturated rings. The van der Waals surface area contributed by atoms with Crippen LogP contribution in [-0.4, -0.2) is 55.4 Å². The van der Waals surface area contributed by atoms with Crippen LogP contribution in [-0.2, 0) is 20.1 Å².